The van der Waals surface area contributed by atoms with E-state index in [4.69, 9.17) is 0 Å². The zero-order chi connectivity index (χ0) is 16.3. The first-order chi connectivity index (χ1) is 10.3. The van der Waals surface area contributed by atoms with Crippen molar-refractivity contribution in [2.45, 2.75) is 20.0 Å². The van der Waals surface area contributed by atoms with Crippen molar-refractivity contribution in [2.75, 3.05) is 0 Å². The zero-order valence-corrected chi connectivity index (χ0v) is 12.1. The van der Waals surface area contributed by atoms with Crippen LogP contribution in [-0.4, -0.2) is 17.7 Å². The van der Waals surface area contributed by atoms with Gasteiger partial charge >= 0.3 is 6.18 Å². The molecule has 0 amide bonds. The average molecular weight is 305 g/mol. The van der Waals surface area contributed by atoms with E-state index in [9.17, 15) is 18.0 Å². The third-order valence-corrected chi connectivity index (χ3v) is 3.25. The molecule has 2 aromatic rings. The Morgan fingerprint density at radius 2 is 1.59 bits per heavy atom. The Hall–Kier alpha value is -2.43. The summed E-state index contributed by atoms with van der Waals surface area (Å²) in [6, 6.07) is 12.0. The fourth-order valence-electron chi connectivity index (χ4n) is 1.89. The molecule has 0 heterocycles. The van der Waals surface area contributed by atoms with Gasteiger partial charge in [0.05, 0.1) is 5.69 Å². The Morgan fingerprint density at radius 3 is 2.14 bits per heavy atom. The molecule has 0 aliphatic carbocycles. The normalized spacial score (nSPS) is 12.3. The number of aliphatic imine (C=N–C) groups is 1. The van der Waals surface area contributed by atoms with E-state index >= 15 is 0 Å². The minimum Gasteiger partial charge on any atom is -0.287 e. The van der Waals surface area contributed by atoms with Crippen LogP contribution in [0.3, 0.4) is 0 Å². The molecule has 0 fully saturated rings. The first-order valence-corrected chi connectivity index (χ1v) is 6.62. The van der Waals surface area contributed by atoms with E-state index in [1.165, 1.54) is 36.4 Å². The van der Waals surface area contributed by atoms with E-state index in [2.05, 4.69) is 4.99 Å². The summed E-state index contributed by atoms with van der Waals surface area (Å²) >= 11 is 0. The first-order valence-electron chi connectivity index (χ1n) is 6.62. The van der Waals surface area contributed by atoms with Gasteiger partial charge in [-0.25, -0.2) is 4.99 Å². The number of carbonyl (C=O) groups is 1. The molecule has 114 valence electrons. The Labute approximate surface area is 126 Å². The van der Waals surface area contributed by atoms with E-state index in [1.54, 1.807) is 19.1 Å². The van der Waals surface area contributed by atoms with Crippen molar-refractivity contribution in [3.05, 3.63) is 65.2 Å². The van der Waals surface area contributed by atoms with Gasteiger partial charge in [-0.15, -0.1) is 0 Å². The lowest BCUT2D eigenvalue weighted by atomic mass is 10.1. The minimum atomic E-state index is -4.81. The van der Waals surface area contributed by atoms with E-state index < -0.39 is 17.7 Å². The minimum absolute atomic E-state index is 0.0394. The highest BCUT2D eigenvalue weighted by molar-refractivity contribution is 6.48. The predicted octanol–water partition coefficient (Wildman–Crippen LogP) is 4.82. The van der Waals surface area contributed by atoms with Gasteiger partial charge in [-0.1, -0.05) is 36.4 Å². The number of carbonyl (C=O) groups excluding carboxylic acids is 1. The smallest absolute Gasteiger partial charge is 0.287 e. The summed E-state index contributed by atoms with van der Waals surface area (Å²) in [6.07, 6.45) is -4.81. The molecule has 5 heteroatoms. The SMILES string of the molecule is Cc1ccc(N=C(C(=O)c2ccccc2)C(F)(F)F)cc1C. The van der Waals surface area contributed by atoms with E-state index in [0.29, 0.717) is 0 Å². The van der Waals surface area contributed by atoms with Gasteiger partial charge < -0.3 is 0 Å². The highest BCUT2D eigenvalue weighted by Gasteiger charge is 2.41. The zero-order valence-electron chi connectivity index (χ0n) is 12.1. The van der Waals surface area contributed by atoms with Crippen LogP contribution in [0, 0.1) is 13.8 Å². The number of hydrogen-bond donors (Lipinski definition) is 0. The van der Waals surface area contributed by atoms with Gasteiger partial charge in [0.15, 0.2) is 5.71 Å². The molecule has 2 nitrogen and oxygen atoms in total. The fraction of sp³-hybridized carbons (Fsp3) is 0.176. The molecular weight excluding hydrogens is 291 g/mol. The molecule has 0 radical (unpaired) electrons. The molecule has 0 aromatic heterocycles. The predicted molar refractivity (Wildman–Crippen MR) is 79.8 cm³/mol. The standard InChI is InChI=1S/C17H14F3NO/c1-11-8-9-14(10-12(11)2)21-16(17(18,19)20)15(22)13-6-4-3-5-7-13/h3-10H,1-2H3. The number of halogens is 3. The molecule has 0 bridgehead atoms. The monoisotopic (exact) mass is 305 g/mol. The van der Waals surface area contributed by atoms with Crippen molar-refractivity contribution < 1.29 is 18.0 Å². The maximum absolute atomic E-state index is 13.2. The molecule has 0 unspecified atom stereocenters. The van der Waals surface area contributed by atoms with Crippen molar-refractivity contribution in [1.29, 1.82) is 0 Å². The Kier molecular flexibility index (Phi) is 4.45. The summed E-state index contributed by atoms with van der Waals surface area (Å²) in [4.78, 5) is 15.6. The van der Waals surface area contributed by atoms with Gasteiger partial charge in [-0.05, 0) is 37.1 Å². The number of ketones is 1. The van der Waals surface area contributed by atoms with Gasteiger partial charge in [-0.3, -0.25) is 4.79 Å². The summed E-state index contributed by atoms with van der Waals surface area (Å²) in [5, 5.41) is 0. The van der Waals surface area contributed by atoms with E-state index in [0.717, 1.165) is 11.1 Å². The number of rotatable bonds is 3. The molecule has 0 atom stereocenters. The van der Waals surface area contributed by atoms with Crippen LogP contribution in [0.15, 0.2) is 53.5 Å². The van der Waals surface area contributed by atoms with Gasteiger partial charge in [0.1, 0.15) is 0 Å². The van der Waals surface area contributed by atoms with Crippen molar-refractivity contribution in [3.63, 3.8) is 0 Å². The second-order valence-corrected chi connectivity index (χ2v) is 4.92. The Balaban J connectivity index is 2.49. The summed E-state index contributed by atoms with van der Waals surface area (Å²) in [6.45, 7) is 3.63. The van der Waals surface area contributed by atoms with Crippen LogP contribution >= 0.6 is 0 Å². The molecule has 0 spiro atoms. The molecule has 0 N–H and O–H groups in total. The fourth-order valence-corrected chi connectivity index (χ4v) is 1.89. The lowest BCUT2D eigenvalue weighted by molar-refractivity contribution is -0.0581. The number of nitrogens with zero attached hydrogens (tertiary/aromatic N) is 1. The molecular formula is C17H14F3NO. The molecule has 2 aromatic carbocycles. The lowest BCUT2D eigenvalue weighted by Gasteiger charge is -2.10. The Bertz CT molecular complexity index is 718. The van der Waals surface area contributed by atoms with Crippen molar-refractivity contribution in [1.82, 2.24) is 0 Å². The van der Waals surface area contributed by atoms with Gasteiger partial charge in [0.25, 0.3) is 0 Å². The first kappa shape index (κ1) is 15.9. The van der Waals surface area contributed by atoms with Gasteiger partial charge in [0.2, 0.25) is 5.78 Å². The van der Waals surface area contributed by atoms with Crippen LogP contribution in [0.4, 0.5) is 18.9 Å². The quantitative estimate of drug-likeness (QED) is 0.590. The average Bonchev–Trinajstić information content (AvgIpc) is 2.47. The summed E-state index contributed by atoms with van der Waals surface area (Å²) in [5.41, 5.74) is 0.417. The van der Waals surface area contributed by atoms with Gasteiger partial charge in [0, 0.05) is 5.56 Å². The van der Waals surface area contributed by atoms with Crippen molar-refractivity contribution in [2.24, 2.45) is 4.99 Å². The van der Waals surface area contributed by atoms with E-state index in [-0.39, 0.29) is 11.3 Å². The number of hydrogen-bond acceptors (Lipinski definition) is 2. The van der Waals surface area contributed by atoms with Crippen molar-refractivity contribution >= 4 is 17.2 Å². The third-order valence-electron chi connectivity index (χ3n) is 3.25. The lowest BCUT2D eigenvalue weighted by Crippen LogP contribution is -2.31. The number of aryl methyl sites for hydroxylation is 2. The number of benzene rings is 2. The van der Waals surface area contributed by atoms with Crippen LogP contribution in [0.25, 0.3) is 0 Å². The van der Waals surface area contributed by atoms with Crippen molar-refractivity contribution in [3.8, 4) is 0 Å². The molecule has 0 saturated carbocycles. The maximum atomic E-state index is 13.2. The molecule has 0 saturated heterocycles. The molecule has 0 aliphatic rings. The second-order valence-electron chi connectivity index (χ2n) is 4.92. The number of alkyl halides is 3. The molecule has 0 aliphatic heterocycles. The summed E-state index contributed by atoms with van der Waals surface area (Å²) < 4.78 is 39.5. The maximum Gasteiger partial charge on any atom is 0.437 e. The van der Waals surface area contributed by atoms with Crippen LogP contribution < -0.4 is 0 Å². The number of Topliss-reactive ketones (excluding diaryl/α,β-unsaturated/α-hetero) is 1. The Morgan fingerprint density at radius 1 is 0.955 bits per heavy atom. The molecule has 2 rings (SSSR count). The summed E-state index contributed by atoms with van der Waals surface area (Å²) in [5.74, 6) is -1.13. The third kappa shape index (κ3) is 3.61. The molecule has 22 heavy (non-hydrogen) atoms. The summed E-state index contributed by atoms with van der Waals surface area (Å²) in [7, 11) is 0. The van der Waals surface area contributed by atoms with Gasteiger partial charge in [-0.2, -0.15) is 13.2 Å². The highest BCUT2D eigenvalue weighted by atomic mass is 19.4. The van der Waals surface area contributed by atoms with Crippen LogP contribution in [0.5, 0.6) is 0 Å². The highest BCUT2D eigenvalue weighted by Crippen LogP contribution is 2.25. The largest absolute Gasteiger partial charge is 0.437 e. The van der Waals surface area contributed by atoms with E-state index in [1.807, 2.05) is 6.92 Å². The van der Waals surface area contributed by atoms with Crippen LogP contribution in [0.2, 0.25) is 0 Å². The van der Waals surface area contributed by atoms with Crippen LogP contribution in [-0.2, 0) is 0 Å². The topological polar surface area (TPSA) is 29.4 Å². The van der Waals surface area contributed by atoms with Crippen LogP contribution in [0.1, 0.15) is 21.5 Å². The second kappa shape index (κ2) is 6.13.